The smallest absolute Gasteiger partial charge is 0.240 e. The van der Waals surface area contributed by atoms with Gasteiger partial charge in [-0.2, -0.15) is 0 Å². The highest BCUT2D eigenvalue weighted by Gasteiger charge is 2.39. The predicted molar refractivity (Wildman–Crippen MR) is 60.3 cm³/mol. The van der Waals surface area contributed by atoms with Crippen molar-refractivity contribution in [2.45, 2.75) is 52.2 Å². The van der Waals surface area contributed by atoms with Crippen LogP contribution in [0.5, 0.6) is 0 Å². The molecule has 0 bridgehead atoms. The first kappa shape index (κ1) is 10.9. The van der Waals surface area contributed by atoms with Gasteiger partial charge in [0.15, 0.2) is 0 Å². The molecule has 1 aliphatic carbocycles. The minimum Gasteiger partial charge on any atom is -0.325 e. The van der Waals surface area contributed by atoms with E-state index in [-0.39, 0.29) is 12.2 Å². The van der Waals surface area contributed by atoms with Gasteiger partial charge in [0.2, 0.25) is 5.91 Å². The fourth-order valence-electron chi connectivity index (χ4n) is 2.51. The molecule has 2 unspecified atom stereocenters. The van der Waals surface area contributed by atoms with Gasteiger partial charge in [0.1, 0.15) is 0 Å². The summed E-state index contributed by atoms with van der Waals surface area (Å²) in [7, 11) is 0. The Labute approximate surface area is 92.2 Å². The van der Waals surface area contributed by atoms with E-state index < -0.39 is 0 Å². The minimum atomic E-state index is 0.0116. The highest BCUT2D eigenvalue weighted by atomic mass is 16.2. The van der Waals surface area contributed by atoms with Gasteiger partial charge in [0, 0.05) is 6.54 Å². The fraction of sp³-hybridized carbons (Fsp3) is 0.917. The van der Waals surface area contributed by atoms with Crippen LogP contribution in [0.2, 0.25) is 0 Å². The molecule has 0 spiro atoms. The molecule has 2 atom stereocenters. The van der Waals surface area contributed by atoms with E-state index in [1.54, 1.807) is 0 Å². The van der Waals surface area contributed by atoms with Crippen LogP contribution in [0.4, 0.5) is 0 Å². The molecule has 0 aromatic rings. The van der Waals surface area contributed by atoms with E-state index in [4.69, 9.17) is 0 Å². The zero-order valence-electron chi connectivity index (χ0n) is 9.99. The van der Waals surface area contributed by atoms with Crippen molar-refractivity contribution in [3.63, 3.8) is 0 Å². The van der Waals surface area contributed by atoms with E-state index in [9.17, 15) is 4.79 Å². The van der Waals surface area contributed by atoms with Gasteiger partial charge in [0.05, 0.1) is 12.2 Å². The molecule has 1 N–H and O–H groups in total. The molecule has 0 aromatic heterocycles. The monoisotopic (exact) mass is 210 g/mol. The molecule has 1 aliphatic heterocycles. The van der Waals surface area contributed by atoms with E-state index in [0.29, 0.717) is 11.8 Å². The molecule has 0 radical (unpaired) electrons. The molecular formula is C12H22N2O. The van der Waals surface area contributed by atoms with E-state index in [1.807, 2.05) is 6.92 Å². The van der Waals surface area contributed by atoms with Gasteiger partial charge in [-0.15, -0.1) is 0 Å². The lowest BCUT2D eigenvalue weighted by Gasteiger charge is -2.34. The van der Waals surface area contributed by atoms with Crippen LogP contribution in [0.15, 0.2) is 0 Å². The maximum atomic E-state index is 12.0. The number of hydrogen-bond donors (Lipinski definition) is 1. The number of amides is 1. The van der Waals surface area contributed by atoms with E-state index in [1.165, 1.54) is 19.3 Å². The highest BCUT2D eigenvalue weighted by Crippen LogP contribution is 2.29. The van der Waals surface area contributed by atoms with Crippen LogP contribution in [0.1, 0.15) is 40.0 Å². The average Bonchev–Trinajstić information content (AvgIpc) is 2.38. The maximum Gasteiger partial charge on any atom is 0.240 e. The van der Waals surface area contributed by atoms with Crippen molar-refractivity contribution in [1.29, 1.82) is 0 Å². The van der Waals surface area contributed by atoms with Crippen molar-refractivity contribution in [2.24, 2.45) is 11.8 Å². The van der Waals surface area contributed by atoms with Gasteiger partial charge < -0.3 is 4.90 Å². The summed E-state index contributed by atoms with van der Waals surface area (Å²) >= 11 is 0. The molecule has 0 aromatic carbocycles. The van der Waals surface area contributed by atoms with Gasteiger partial charge in [-0.25, -0.2) is 0 Å². The number of nitrogens with zero attached hydrogens (tertiary/aromatic N) is 1. The van der Waals surface area contributed by atoms with Gasteiger partial charge in [-0.3, -0.25) is 10.1 Å². The number of rotatable bonds is 3. The SMILES string of the molecule is CC1NC(C(C)C)N(CC2CCC2)C1=O. The Bertz CT molecular complexity index is 248. The molecule has 1 saturated heterocycles. The number of carbonyl (C=O) groups excluding carboxylic acids is 1. The van der Waals surface area contributed by atoms with Crippen LogP contribution in [0.3, 0.4) is 0 Å². The second-order valence-corrected chi connectivity index (χ2v) is 5.36. The molecule has 1 saturated carbocycles. The number of nitrogens with one attached hydrogen (secondary N) is 1. The molecule has 86 valence electrons. The predicted octanol–water partition coefficient (Wildman–Crippen LogP) is 1.59. The van der Waals surface area contributed by atoms with Gasteiger partial charge in [0.25, 0.3) is 0 Å². The summed E-state index contributed by atoms with van der Waals surface area (Å²) < 4.78 is 0. The summed E-state index contributed by atoms with van der Waals surface area (Å²) in [6.45, 7) is 7.30. The molecule has 2 rings (SSSR count). The molecule has 1 heterocycles. The topological polar surface area (TPSA) is 32.3 Å². The zero-order valence-corrected chi connectivity index (χ0v) is 9.99. The highest BCUT2D eigenvalue weighted by molar-refractivity contribution is 5.83. The summed E-state index contributed by atoms with van der Waals surface area (Å²) in [5.41, 5.74) is 0. The van der Waals surface area contributed by atoms with Crippen molar-refractivity contribution < 1.29 is 4.79 Å². The standard InChI is InChI=1S/C12H22N2O/c1-8(2)11-13-9(3)12(15)14(11)7-10-5-4-6-10/h8-11,13H,4-7H2,1-3H3. The Hall–Kier alpha value is -0.570. The molecule has 15 heavy (non-hydrogen) atoms. The molecule has 3 heteroatoms. The average molecular weight is 210 g/mol. The summed E-state index contributed by atoms with van der Waals surface area (Å²) in [5.74, 6) is 1.56. The summed E-state index contributed by atoms with van der Waals surface area (Å²) in [6.07, 6.45) is 4.22. The second kappa shape index (κ2) is 4.12. The molecular weight excluding hydrogens is 188 g/mol. The van der Waals surface area contributed by atoms with Gasteiger partial charge in [-0.05, 0) is 31.6 Å². The van der Waals surface area contributed by atoms with Gasteiger partial charge in [-0.1, -0.05) is 20.3 Å². The Morgan fingerprint density at radius 2 is 2.13 bits per heavy atom. The van der Waals surface area contributed by atoms with Crippen LogP contribution in [-0.2, 0) is 4.79 Å². The minimum absolute atomic E-state index is 0.0116. The molecule has 1 amide bonds. The number of carbonyl (C=O) groups is 1. The van der Waals surface area contributed by atoms with Crippen molar-refractivity contribution in [1.82, 2.24) is 10.2 Å². The quantitative estimate of drug-likeness (QED) is 0.767. The largest absolute Gasteiger partial charge is 0.325 e. The Morgan fingerprint density at radius 1 is 1.47 bits per heavy atom. The Balaban J connectivity index is 2.00. The first-order chi connectivity index (χ1) is 7.09. The maximum absolute atomic E-state index is 12.0. The van der Waals surface area contributed by atoms with Crippen molar-refractivity contribution in [3.8, 4) is 0 Å². The lowest BCUT2D eigenvalue weighted by molar-refractivity contribution is -0.131. The van der Waals surface area contributed by atoms with Crippen LogP contribution < -0.4 is 5.32 Å². The van der Waals surface area contributed by atoms with E-state index >= 15 is 0 Å². The lowest BCUT2D eigenvalue weighted by atomic mass is 9.85. The van der Waals surface area contributed by atoms with Crippen molar-refractivity contribution in [3.05, 3.63) is 0 Å². The number of hydrogen-bond acceptors (Lipinski definition) is 2. The Morgan fingerprint density at radius 3 is 2.60 bits per heavy atom. The van der Waals surface area contributed by atoms with Crippen LogP contribution in [0.25, 0.3) is 0 Å². The van der Waals surface area contributed by atoms with E-state index in [2.05, 4.69) is 24.1 Å². The third-order valence-corrected chi connectivity index (χ3v) is 3.72. The van der Waals surface area contributed by atoms with Crippen molar-refractivity contribution >= 4 is 5.91 Å². The van der Waals surface area contributed by atoms with Gasteiger partial charge >= 0.3 is 0 Å². The molecule has 2 fully saturated rings. The fourth-order valence-corrected chi connectivity index (χ4v) is 2.51. The first-order valence-corrected chi connectivity index (χ1v) is 6.16. The summed E-state index contributed by atoms with van der Waals surface area (Å²) in [6, 6.07) is 0.0116. The lowest BCUT2D eigenvalue weighted by Crippen LogP contribution is -2.44. The summed E-state index contributed by atoms with van der Waals surface area (Å²) in [5, 5.41) is 3.38. The van der Waals surface area contributed by atoms with Crippen molar-refractivity contribution in [2.75, 3.05) is 6.54 Å². The van der Waals surface area contributed by atoms with Crippen LogP contribution >= 0.6 is 0 Å². The molecule has 3 nitrogen and oxygen atoms in total. The first-order valence-electron chi connectivity index (χ1n) is 6.16. The van der Waals surface area contributed by atoms with Crippen LogP contribution in [-0.4, -0.2) is 29.6 Å². The Kier molecular flexibility index (Phi) is 3.01. The van der Waals surface area contributed by atoms with Crippen LogP contribution in [0, 0.1) is 11.8 Å². The second-order valence-electron chi connectivity index (χ2n) is 5.36. The normalized spacial score (nSPS) is 32.5. The third-order valence-electron chi connectivity index (χ3n) is 3.72. The zero-order chi connectivity index (χ0) is 11.0. The summed E-state index contributed by atoms with van der Waals surface area (Å²) in [4.78, 5) is 14.0. The third kappa shape index (κ3) is 2.03. The molecule has 2 aliphatic rings. The van der Waals surface area contributed by atoms with E-state index in [0.717, 1.165) is 12.5 Å².